The fourth-order valence-corrected chi connectivity index (χ4v) is 3.32. The van der Waals surface area contributed by atoms with E-state index in [0.717, 1.165) is 27.6 Å². The van der Waals surface area contributed by atoms with Gasteiger partial charge < -0.3 is 9.47 Å². The van der Waals surface area contributed by atoms with Crippen LogP contribution in [0.4, 0.5) is 5.69 Å². The van der Waals surface area contributed by atoms with E-state index in [2.05, 4.69) is 23.2 Å². The van der Waals surface area contributed by atoms with E-state index in [4.69, 9.17) is 9.47 Å². The molecule has 0 aliphatic carbocycles. The first-order valence-electron chi connectivity index (χ1n) is 7.64. The number of benzene rings is 3. The number of hydrogen-bond donors (Lipinski definition) is 0. The van der Waals surface area contributed by atoms with Crippen molar-refractivity contribution >= 4 is 23.7 Å². The molecular weight excluding hydrogens is 318 g/mol. The van der Waals surface area contributed by atoms with Crippen LogP contribution in [0.1, 0.15) is 5.56 Å². The van der Waals surface area contributed by atoms with Crippen molar-refractivity contribution in [2.45, 2.75) is 9.79 Å². The number of ether oxygens (including phenoxy) is 2. The van der Waals surface area contributed by atoms with Gasteiger partial charge in [0.2, 0.25) is 6.79 Å². The Labute approximate surface area is 145 Å². The van der Waals surface area contributed by atoms with Crippen LogP contribution >= 0.6 is 11.8 Å². The van der Waals surface area contributed by atoms with Gasteiger partial charge in [0.1, 0.15) is 0 Å². The number of hydrogen-bond acceptors (Lipinski definition) is 4. The number of rotatable bonds is 4. The van der Waals surface area contributed by atoms with Crippen molar-refractivity contribution in [1.29, 1.82) is 0 Å². The monoisotopic (exact) mass is 333 g/mol. The largest absolute Gasteiger partial charge is 0.454 e. The second-order valence-electron chi connectivity index (χ2n) is 5.25. The van der Waals surface area contributed by atoms with Gasteiger partial charge in [0.15, 0.2) is 11.5 Å². The minimum atomic E-state index is 0.284. The molecule has 1 aliphatic heterocycles. The topological polar surface area (TPSA) is 30.8 Å². The quantitative estimate of drug-likeness (QED) is 0.606. The van der Waals surface area contributed by atoms with Crippen LogP contribution in [0.5, 0.6) is 11.5 Å². The highest BCUT2D eigenvalue weighted by molar-refractivity contribution is 7.99. The molecule has 0 saturated heterocycles. The maximum absolute atomic E-state index is 5.41. The third kappa shape index (κ3) is 3.29. The molecule has 0 N–H and O–H groups in total. The summed E-state index contributed by atoms with van der Waals surface area (Å²) >= 11 is 1.71. The number of fused-ring (bicyclic) bond motifs is 1. The van der Waals surface area contributed by atoms with Crippen LogP contribution in [0, 0.1) is 0 Å². The van der Waals surface area contributed by atoms with Gasteiger partial charge in [-0.15, -0.1) is 0 Å². The van der Waals surface area contributed by atoms with Gasteiger partial charge in [-0.25, -0.2) is 0 Å². The van der Waals surface area contributed by atoms with Gasteiger partial charge in [-0.05, 0) is 48.0 Å². The summed E-state index contributed by atoms with van der Waals surface area (Å²) in [7, 11) is 0. The maximum Gasteiger partial charge on any atom is 0.231 e. The molecule has 3 aromatic rings. The summed E-state index contributed by atoms with van der Waals surface area (Å²) in [5.74, 6) is 1.55. The van der Waals surface area contributed by atoms with Crippen molar-refractivity contribution in [3.8, 4) is 11.5 Å². The number of nitrogens with zero attached hydrogens (tertiary/aromatic N) is 1. The molecule has 1 aliphatic rings. The van der Waals surface area contributed by atoms with Gasteiger partial charge >= 0.3 is 0 Å². The van der Waals surface area contributed by atoms with Crippen LogP contribution < -0.4 is 9.47 Å². The first-order chi connectivity index (χ1) is 11.9. The van der Waals surface area contributed by atoms with Crippen LogP contribution in [0.25, 0.3) is 0 Å². The van der Waals surface area contributed by atoms with E-state index in [-0.39, 0.29) is 6.79 Å². The summed E-state index contributed by atoms with van der Waals surface area (Å²) in [4.78, 5) is 6.98. The highest BCUT2D eigenvalue weighted by atomic mass is 32.2. The maximum atomic E-state index is 5.41. The van der Waals surface area contributed by atoms with Crippen LogP contribution in [0.3, 0.4) is 0 Å². The van der Waals surface area contributed by atoms with Gasteiger partial charge in [-0.3, -0.25) is 4.99 Å². The summed E-state index contributed by atoms with van der Waals surface area (Å²) in [5, 5.41) is 0. The molecule has 0 bridgehead atoms. The summed E-state index contributed by atoms with van der Waals surface area (Å²) < 4.78 is 10.7. The number of aliphatic imine (C=N–C) groups is 1. The fourth-order valence-electron chi connectivity index (χ4n) is 2.40. The van der Waals surface area contributed by atoms with Crippen LogP contribution in [0.15, 0.2) is 87.6 Å². The van der Waals surface area contributed by atoms with Crippen molar-refractivity contribution in [3.63, 3.8) is 0 Å². The van der Waals surface area contributed by atoms with Crippen molar-refractivity contribution in [1.82, 2.24) is 0 Å². The molecule has 1 heterocycles. The Bertz CT molecular complexity index is 878. The molecule has 3 aromatic carbocycles. The van der Waals surface area contributed by atoms with Crippen LogP contribution in [0.2, 0.25) is 0 Å². The smallest absolute Gasteiger partial charge is 0.231 e. The van der Waals surface area contributed by atoms with Crippen molar-refractivity contribution in [3.05, 3.63) is 78.4 Å². The molecule has 0 radical (unpaired) electrons. The van der Waals surface area contributed by atoms with Crippen molar-refractivity contribution < 1.29 is 9.47 Å². The Balaban J connectivity index is 1.58. The lowest BCUT2D eigenvalue weighted by Crippen LogP contribution is -1.92. The third-order valence-corrected chi connectivity index (χ3v) is 4.66. The van der Waals surface area contributed by atoms with Crippen LogP contribution in [-0.4, -0.2) is 13.0 Å². The van der Waals surface area contributed by atoms with E-state index >= 15 is 0 Å². The SMILES string of the molecule is C(=Nc1ccccc1Sc1ccccc1)c1ccc2c(c1)OCO2. The predicted octanol–water partition coefficient (Wildman–Crippen LogP) is 5.32. The highest BCUT2D eigenvalue weighted by Gasteiger charge is 2.12. The molecule has 24 heavy (non-hydrogen) atoms. The fraction of sp³-hybridized carbons (Fsp3) is 0.0500. The lowest BCUT2D eigenvalue weighted by molar-refractivity contribution is 0.174. The minimum Gasteiger partial charge on any atom is -0.454 e. The molecule has 3 nitrogen and oxygen atoms in total. The molecule has 4 heteroatoms. The van der Waals surface area contributed by atoms with Gasteiger partial charge in [0.25, 0.3) is 0 Å². The molecule has 0 fully saturated rings. The molecule has 0 atom stereocenters. The summed E-state index contributed by atoms with van der Waals surface area (Å²) in [5.41, 5.74) is 1.93. The second kappa shape index (κ2) is 6.81. The zero-order valence-electron chi connectivity index (χ0n) is 12.9. The normalized spacial score (nSPS) is 12.7. The molecule has 0 spiro atoms. The first-order valence-corrected chi connectivity index (χ1v) is 8.46. The van der Waals surface area contributed by atoms with Gasteiger partial charge in [-0.1, -0.05) is 42.1 Å². The lowest BCUT2D eigenvalue weighted by Gasteiger charge is -2.05. The Morgan fingerprint density at radius 2 is 1.62 bits per heavy atom. The predicted molar refractivity (Wildman–Crippen MR) is 96.8 cm³/mol. The van der Waals surface area contributed by atoms with E-state index in [1.807, 2.05) is 60.8 Å². The Morgan fingerprint density at radius 3 is 2.54 bits per heavy atom. The average Bonchev–Trinajstić information content (AvgIpc) is 3.10. The molecule has 0 saturated carbocycles. The van der Waals surface area contributed by atoms with Gasteiger partial charge in [0, 0.05) is 16.0 Å². The summed E-state index contributed by atoms with van der Waals surface area (Å²) in [6, 6.07) is 24.3. The minimum absolute atomic E-state index is 0.284. The van der Waals surface area contributed by atoms with Crippen molar-refractivity contribution in [2.75, 3.05) is 6.79 Å². The van der Waals surface area contributed by atoms with E-state index in [9.17, 15) is 0 Å². The van der Waals surface area contributed by atoms with Gasteiger partial charge in [-0.2, -0.15) is 0 Å². The lowest BCUT2D eigenvalue weighted by atomic mass is 10.2. The standard InChI is InChI=1S/C20H15NO2S/c1-2-6-16(7-3-1)24-20-9-5-4-8-17(20)21-13-15-10-11-18-19(12-15)23-14-22-18/h1-13H,14H2. The number of para-hydroxylation sites is 1. The summed E-state index contributed by atoms with van der Waals surface area (Å²) in [6.07, 6.45) is 1.85. The van der Waals surface area contributed by atoms with E-state index < -0.39 is 0 Å². The zero-order chi connectivity index (χ0) is 16.2. The average molecular weight is 333 g/mol. The second-order valence-corrected chi connectivity index (χ2v) is 6.37. The molecule has 0 unspecified atom stereocenters. The first kappa shape index (κ1) is 14.8. The summed E-state index contributed by atoms with van der Waals surface area (Å²) in [6.45, 7) is 0.284. The third-order valence-electron chi connectivity index (χ3n) is 3.59. The van der Waals surface area contributed by atoms with E-state index in [1.54, 1.807) is 11.8 Å². The van der Waals surface area contributed by atoms with Gasteiger partial charge in [0.05, 0.1) is 5.69 Å². The Kier molecular flexibility index (Phi) is 4.21. The Morgan fingerprint density at radius 1 is 0.833 bits per heavy atom. The molecule has 118 valence electrons. The van der Waals surface area contributed by atoms with Crippen LogP contribution in [-0.2, 0) is 0 Å². The van der Waals surface area contributed by atoms with Crippen molar-refractivity contribution in [2.24, 2.45) is 4.99 Å². The zero-order valence-corrected chi connectivity index (χ0v) is 13.7. The molecular formula is C20H15NO2S. The highest BCUT2D eigenvalue weighted by Crippen LogP contribution is 2.35. The molecule has 0 amide bonds. The molecule has 4 rings (SSSR count). The Hall–Kier alpha value is -2.72. The molecule has 0 aromatic heterocycles. The van der Waals surface area contributed by atoms with E-state index in [0.29, 0.717) is 0 Å². The van der Waals surface area contributed by atoms with E-state index in [1.165, 1.54) is 4.90 Å².